The van der Waals surface area contributed by atoms with Gasteiger partial charge in [0.25, 0.3) is 0 Å². The van der Waals surface area contributed by atoms with Crippen molar-refractivity contribution in [2.24, 2.45) is 0 Å². The molecule has 122 valence electrons. The summed E-state index contributed by atoms with van der Waals surface area (Å²) in [6, 6.07) is 5.32. The molecule has 0 fully saturated rings. The van der Waals surface area contributed by atoms with Gasteiger partial charge in [0.2, 0.25) is 5.95 Å². The number of aryl methyl sites for hydroxylation is 1. The first kappa shape index (κ1) is 17.0. The topological polar surface area (TPSA) is 70.2 Å². The number of anilines is 2. The number of rotatable bonds is 4. The van der Waals surface area contributed by atoms with Gasteiger partial charge in [-0.1, -0.05) is 11.6 Å². The minimum Gasteiger partial charge on any atom is -0.347 e. The molecule has 2 N–H and O–H groups in total. The fraction of sp³-hybridized carbons (Fsp3) is 0.267. The lowest BCUT2D eigenvalue weighted by atomic mass is 10.3. The molecule has 23 heavy (non-hydrogen) atoms. The van der Waals surface area contributed by atoms with Crippen molar-refractivity contribution >= 4 is 29.3 Å². The van der Waals surface area contributed by atoms with Gasteiger partial charge < -0.3 is 15.5 Å². The predicted octanol–water partition coefficient (Wildman–Crippen LogP) is 2.97. The lowest BCUT2D eigenvalue weighted by molar-refractivity contribution is 0.251. The third kappa shape index (κ3) is 4.79. The number of benzene rings is 1. The fourth-order valence-corrected chi connectivity index (χ4v) is 2.01. The molecule has 0 radical (unpaired) electrons. The van der Waals surface area contributed by atoms with Crippen LogP contribution in [0, 0.1) is 12.7 Å². The molecule has 0 atom stereocenters. The van der Waals surface area contributed by atoms with Gasteiger partial charge >= 0.3 is 6.03 Å². The van der Waals surface area contributed by atoms with E-state index in [-0.39, 0.29) is 11.6 Å². The summed E-state index contributed by atoms with van der Waals surface area (Å²) in [5, 5.41) is 5.21. The Kier molecular flexibility index (Phi) is 5.33. The molecule has 8 heteroatoms. The summed E-state index contributed by atoms with van der Waals surface area (Å²) in [5.74, 6) is 0.0397. The summed E-state index contributed by atoms with van der Waals surface area (Å²) >= 11 is 5.67. The van der Waals surface area contributed by atoms with Crippen molar-refractivity contribution in [3.05, 3.63) is 46.5 Å². The van der Waals surface area contributed by atoms with E-state index >= 15 is 0 Å². The summed E-state index contributed by atoms with van der Waals surface area (Å²) < 4.78 is 13.1. The molecule has 0 aliphatic heterocycles. The standard InChI is InChI=1S/C15H17ClFN5O/c1-9-6-11(20-14(19-9)22(2)3)8-18-15(23)21-10-4-5-13(17)12(16)7-10/h4-7H,8H2,1-3H3,(H2,18,21,23). The number of urea groups is 1. The minimum absolute atomic E-state index is 0.0511. The van der Waals surface area contributed by atoms with Crippen LogP contribution >= 0.6 is 11.6 Å². The lowest BCUT2D eigenvalue weighted by Crippen LogP contribution is -2.29. The van der Waals surface area contributed by atoms with Crippen molar-refractivity contribution in [2.45, 2.75) is 13.5 Å². The highest BCUT2D eigenvalue weighted by Crippen LogP contribution is 2.19. The molecule has 2 rings (SSSR count). The average molecular weight is 338 g/mol. The van der Waals surface area contributed by atoms with Gasteiger partial charge in [0.05, 0.1) is 17.3 Å². The van der Waals surface area contributed by atoms with Crippen LogP contribution in [0.15, 0.2) is 24.3 Å². The van der Waals surface area contributed by atoms with E-state index in [2.05, 4.69) is 20.6 Å². The predicted molar refractivity (Wildman–Crippen MR) is 88.4 cm³/mol. The van der Waals surface area contributed by atoms with Gasteiger partial charge in [0, 0.05) is 25.5 Å². The van der Waals surface area contributed by atoms with E-state index < -0.39 is 11.8 Å². The summed E-state index contributed by atoms with van der Waals surface area (Å²) in [5.41, 5.74) is 1.90. The van der Waals surface area contributed by atoms with Crippen LogP contribution in [0.25, 0.3) is 0 Å². The molecule has 6 nitrogen and oxygen atoms in total. The fourth-order valence-electron chi connectivity index (χ4n) is 1.83. The highest BCUT2D eigenvalue weighted by Gasteiger charge is 2.07. The van der Waals surface area contributed by atoms with E-state index in [9.17, 15) is 9.18 Å². The Bertz CT molecular complexity index is 723. The maximum absolute atomic E-state index is 13.1. The van der Waals surface area contributed by atoms with Crippen molar-refractivity contribution in [2.75, 3.05) is 24.3 Å². The highest BCUT2D eigenvalue weighted by atomic mass is 35.5. The number of nitrogens with zero attached hydrogens (tertiary/aromatic N) is 3. The van der Waals surface area contributed by atoms with Gasteiger partial charge in [-0.25, -0.2) is 19.2 Å². The molecule has 0 saturated carbocycles. The Labute approximate surface area is 138 Å². The molecule has 1 heterocycles. The summed E-state index contributed by atoms with van der Waals surface area (Å²) in [7, 11) is 3.69. The number of nitrogens with one attached hydrogen (secondary N) is 2. The molecule has 0 spiro atoms. The van der Waals surface area contributed by atoms with E-state index in [0.29, 0.717) is 17.3 Å². The summed E-state index contributed by atoms with van der Waals surface area (Å²) in [4.78, 5) is 22.3. The first-order valence-corrected chi connectivity index (χ1v) is 7.25. The van der Waals surface area contributed by atoms with Crippen LogP contribution in [0.1, 0.15) is 11.4 Å². The molecule has 0 aliphatic rings. The maximum Gasteiger partial charge on any atom is 0.319 e. The van der Waals surface area contributed by atoms with Gasteiger partial charge in [0.15, 0.2) is 0 Å². The minimum atomic E-state index is -0.537. The van der Waals surface area contributed by atoms with Crippen LogP contribution < -0.4 is 15.5 Å². The number of halogens is 2. The first-order valence-electron chi connectivity index (χ1n) is 6.87. The zero-order valence-electron chi connectivity index (χ0n) is 13.0. The summed E-state index contributed by atoms with van der Waals surface area (Å²) in [6.45, 7) is 2.10. The Balaban J connectivity index is 1.97. The van der Waals surface area contributed by atoms with Crippen LogP contribution in [0.3, 0.4) is 0 Å². The van der Waals surface area contributed by atoms with Crippen molar-refractivity contribution in [3.63, 3.8) is 0 Å². The van der Waals surface area contributed by atoms with E-state index in [1.807, 2.05) is 21.0 Å². The second-order valence-electron chi connectivity index (χ2n) is 5.13. The number of carbonyl (C=O) groups is 1. The Morgan fingerprint density at radius 1 is 1.30 bits per heavy atom. The highest BCUT2D eigenvalue weighted by molar-refractivity contribution is 6.31. The van der Waals surface area contributed by atoms with Crippen LogP contribution in [-0.2, 0) is 6.54 Å². The van der Waals surface area contributed by atoms with E-state index in [0.717, 1.165) is 5.69 Å². The molecular formula is C15H17ClFN5O. The van der Waals surface area contributed by atoms with E-state index in [1.165, 1.54) is 18.2 Å². The first-order chi connectivity index (χ1) is 10.8. The van der Waals surface area contributed by atoms with Crippen LogP contribution in [-0.4, -0.2) is 30.1 Å². The Morgan fingerprint density at radius 2 is 2.04 bits per heavy atom. The SMILES string of the molecule is Cc1cc(CNC(=O)Nc2ccc(F)c(Cl)c2)nc(N(C)C)n1. The molecule has 2 aromatic rings. The number of carbonyl (C=O) groups excluding carboxylic acids is 1. The maximum atomic E-state index is 13.1. The van der Waals surface area contributed by atoms with Gasteiger partial charge in [-0.3, -0.25) is 0 Å². The molecule has 0 bridgehead atoms. The summed E-state index contributed by atoms with van der Waals surface area (Å²) in [6.07, 6.45) is 0. The van der Waals surface area contributed by atoms with E-state index in [1.54, 1.807) is 11.0 Å². The molecular weight excluding hydrogens is 321 g/mol. The third-order valence-corrected chi connectivity index (χ3v) is 3.19. The number of hydrogen-bond acceptors (Lipinski definition) is 4. The number of aromatic nitrogens is 2. The van der Waals surface area contributed by atoms with Crippen molar-refractivity contribution in [3.8, 4) is 0 Å². The molecule has 0 unspecified atom stereocenters. The quantitative estimate of drug-likeness (QED) is 0.900. The van der Waals surface area contributed by atoms with Crippen LogP contribution in [0.2, 0.25) is 5.02 Å². The van der Waals surface area contributed by atoms with Crippen LogP contribution in [0.5, 0.6) is 0 Å². The molecule has 0 aliphatic carbocycles. The van der Waals surface area contributed by atoms with Gasteiger partial charge in [-0.05, 0) is 31.2 Å². The molecule has 0 saturated heterocycles. The zero-order valence-corrected chi connectivity index (χ0v) is 13.8. The lowest BCUT2D eigenvalue weighted by Gasteiger charge is -2.13. The van der Waals surface area contributed by atoms with Crippen molar-refractivity contribution in [1.29, 1.82) is 0 Å². The van der Waals surface area contributed by atoms with Crippen LogP contribution in [0.4, 0.5) is 20.8 Å². The second-order valence-corrected chi connectivity index (χ2v) is 5.54. The van der Waals surface area contributed by atoms with Gasteiger partial charge in [-0.15, -0.1) is 0 Å². The normalized spacial score (nSPS) is 10.3. The smallest absolute Gasteiger partial charge is 0.319 e. The van der Waals surface area contributed by atoms with E-state index in [4.69, 9.17) is 11.6 Å². The van der Waals surface area contributed by atoms with Crippen molar-refractivity contribution in [1.82, 2.24) is 15.3 Å². The Morgan fingerprint density at radius 3 is 2.70 bits per heavy atom. The molecule has 1 aromatic carbocycles. The number of amides is 2. The monoisotopic (exact) mass is 337 g/mol. The van der Waals surface area contributed by atoms with Gasteiger partial charge in [0.1, 0.15) is 5.82 Å². The Hall–Kier alpha value is -2.41. The number of hydrogen-bond donors (Lipinski definition) is 2. The molecule has 1 aromatic heterocycles. The third-order valence-electron chi connectivity index (χ3n) is 2.90. The molecule has 2 amide bonds. The average Bonchev–Trinajstić information content (AvgIpc) is 2.48. The van der Waals surface area contributed by atoms with Crippen molar-refractivity contribution < 1.29 is 9.18 Å². The zero-order chi connectivity index (χ0) is 17.0. The second kappa shape index (κ2) is 7.23. The van der Waals surface area contributed by atoms with Gasteiger partial charge in [-0.2, -0.15) is 0 Å². The largest absolute Gasteiger partial charge is 0.347 e.